The molecule has 0 bridgehead atoms. The predicted molar refractivity (Wildman–Crippen MR) is 89.0 cm³/mol. The zero-order chi connectivity index (χ0) is 16.2. The van der Waals surface area contributed by atoms with E-state index >= 15 is 0 Å². The van der Waals surface area contributed by atoms with Crippen molar-refractivity contribution in [2.75, 3.05) is 7.11 Å². The summed E-state index contributed by atoms with van der Waals surface area (Å²) in [7, 11) is 1.33. The molecule has 0 fully saturated rings. The highest BCUT2D eigenvalue weighted by atomic mass is 16.5. The Morgan fingerprint density at radius 2 is 1.57 bits per heavy atom. The Bertz CT molecular complexity index is 828. The van der Waals surface area contributed by atoms with Gasteiger partial charge in [0, 0.05) is 11.1 Å². The summed E-state index contributed by atoms with van der Waals surface area (Å²) in [6.45, 7) is 2.04. The summed E-state index contributed by atoms with van der Waals surface area (Å²) >= 11 is 0. The highest BCUT2D eigenvalue weighted by molar-refractivity contribution is 5.89. The van der Waals surface area contributed by atoms with Crippen LogP contribution in [0.4, 0.5) is 0 Å². The lowest BCUT2D eigenvalue weighted by Gasteiger charge is -2.10. The summed E-state index contributed by atoms with van der Waals surface area (Å²) < 4.78 is 4.75. The van der Waals surface area contributed by atoms with Gasteiger partial charge in [-0.05, 0) is 6.92 Å². The highest BCUT2D eigenvalue weighted by Gasteiger charge is 2.15. The van der Waals surface area contributed by atoms with E-state index in [9.17, 15) is 4.79 Å². The van der Waals surface area contributed by atoms with Gasteiger partial charge >= 0.3 is 5.97 Å². The van der Waals surface area contributed by atoms with Gasteiger partial charge in [0.2, 0.25) is 0 Å². The Balaban J connectivity index is 2.19. The largest absolute Gasteiger partial charge is 0.464 e. The van der Waals surface area contributed by atoms with Crippen LogP contribution >= 0.6 is 0 Å². The number of esters is 1. The smallest absolute Gasteiger partial charge is 0.358 e. The van der Waals surface area contributed by atoms with Crippen LogP contribution in [0.2, 0.25) is 0 Å². The molecule has 0 spiro atoms. The van der Waals surface area contributed by atoms with Gasteiger partial charge in [0.25, 0.3) is 0 Å². The number of methoxy groups -OCH3 is 1. The molecule has 114 valence electrons. The van der Waals surface area contributed by atoms with Gasteiger partial charge in [0.05, 0.1) is 24.7 Å². The molecule has 0 saturated heterocycles. The van der Waals surface area contributed by atoms with Gasteiger partial charge in [-0.3, -0.25) is 4.98 Å². The van der Waals surface area contributed by atoms with Crippen LogP contribution in [0.1, 0.15) is 16.1 Å². The van der Waals surface area contributed by atoms with Crippen LogP contribution in [-0.4, -0.2) is 23.0 Å². The molecule has 3 aromatic rings. The van der Waals surface area contributed by atoms with Crippen molar-refractivity contribution in [3.8, 4) is 22.5 Å². The predicted octanol–water partition coefficient (Wildman–Crippen LogP) is 3.91. The topological polar surface area (TPSA) is 52.1 Å². The first-order valence-corrected chi connectivity index (χ1v) is 7.27. The number of hydrogen-bond donors (Lipinski definition) is 0. The van der Waals surface area contributed by atoms with E-state index in [0.29, 0.717) is 5.69 Å². The molecule has 0 saturated carbocycles. The van der Waals surface area contributed by atoms with Crippen molar-refractivity contribution >= 4 is 5.97 Å². The molecule has 23 heavy (non-hydrogen) atoms. The number of carbonyl (C=O) groups excluding carboxylic acids is 1. The molecule has 4 heteroatoms. The number of aromatic nitrogens is 2. The van der Waals surface area contributed by atoms with Crippen molar-refractivity contribution in [3.05, 3.63) is 72.1 Å². The summed E-state index contributed by atoms with van der Waals surface area (Å²) in [4.78, 5) is 20.7. The van der Waals surface area contributed by atoms with E-state index in [0.717, 1.165) is 16.8 Å². The molecule has 0 atom stereocenters. The van der Waals surface area contributed by atoms with Crippen molar-refractivity contribution in [1.82, 2.24) is 9.97 Å². The number of carbonyl (C=O) groups is 1. The highest BCUT2D eigenvalue weighted by Crippen LogP contribution is 2.29. The third-order valence-corrected chi connectivity index (χ3v) is 3.54. The van der Waals surface area contributed by atoms with E-state index in [4.69, 9.17) is 4.74 Å². The first-order valence-electron chi connectivity index (χ1n) is 7.27. The maximum absolute atomic E-state index is 11.8. The van der Waals surface area contributed by atoms with E-state index < -0.39 is 5.97 Å². The molecular formula is C19H16N2O2. The summed E-state index contributed by atoms with van der Waals surface area (Å²) in [5, 5.41) is 0. The molecule has 3 rings (SSSR count). The Labute approximate surface area is 134 Å². The van der Waals surface area contributed by atoms with Gasteiger partial charge in [-0.2, -0.15) is 0 Å². The number of benzene rings is 2. The fraction of sp³-hybridized carbons (Fsp3) is 0.105. The van der Waals surface area contributed by atoms with Crippen LogP contribution in [-0.2, 0) is 4.74 Å². The van der Waals surface area contributed by atoms with Gasteiger partial charge in [-0.1, -0.05) is 60.2 Å². The molecule has 1 heterocycles. The second-order valence-electron chi connectivity index (χ2n) is 5.18. The second-order valence-corrected chi connectivity index (χ2v) is 5.18. The molecule has 0 aliphatic carbocycles. The maximum atomic E-state index is 11.8. The Hall–Kier alpha value is -3.01. The Kier molecular flexibility index (Phi) is 4.15. The van der Waals surface area contributed by atoms with Crippen molar-refractivity contribution in [2.24, 2.45) is 0 Å². The summed E-state index contributed by atoms with van der Waals surface area (Å²) in [6.07, 6.45) is 1.45. The van der Waals surface area contributed by atoms with Crippen LogP contribution in [0.25, 0.3) is 22.5 Å². The molecule has 0 amide bonds. The zero-order valence-corrected chi connectivity index (χ0v) is 13.0. The molecule has 0 aliphatic rings. The van der Waals surface area contributed by atoms with Crippen LogP contribution in [0.5, 0.6) is 0 Å². The number of rotatable bonds is 3. The van der Waals surface area contributed by atoms with Gasteiger partial charge in [0.15, 0.2) is 5.69 Å². The van der Waals surface area contributed by atoms with Gasteiger partial charge < -0.3 is 4.74 Å². The molecule has 1 aromatic heterocycles. The van der Waals surface area contributed by atoms with E-state index in [1.165, 1.54) is 18.9 Å². The van der Waals surface area contributed by atoms with E-state index in [-0.39, 0.29) is 5.69 Å². The lowest BCUT2D eigenvalue weighted by atomic mass is 10.0. The van der Waals surface area contributed by atoms with E-state index in [1.54, 1.807) is 0 Å². The average Bonchev–Trinajstić information content (AvgIpc) is 2.62. The molecule has 0 N–H and O–H groups in total. The number of hydrogen-bond acceptors (Lipinski definition) is 4. The summed E-state index contributed by atoms with van der Waals surface area (Å²) in [5.74, 6) is -0.495. The van der Waals surface area contributed by atoms with Crippen LogP contribution in [0, 0.1) is 6.92 Å². The van der Waals surface area contributed by atoms with Gasteiger partial charge in [-0.15, -0.1) is 0 Å². The standard InChI is InChI=1S/C19H16N2O2/c1-13-8-10-15(11-9-13)17-18(14-6-4-3-5-7-14)21-16(12-20-17)19(22)23-2/h3-12H,1-2H3. The second kappa shape index (κ2) is 6.40. The Morgan fingerprint density at radius 3 is 2.22 bits per heavy atom. The number of ether oxygens (including phenoxy) is 1. The van der Waals surface area contributed by atoms with Crippen LogP contribution < -0.4 is 0 Å². The van der Waals surface area contributed by atoms with E-state index in [2.05, 4.69) is 9.97 Å². The quantitative estimate of drug-likeness (QED) is 0.688. The van der Waals surface area contributed by atoms with Gasteiger partial charge in [-0.25, -0.2) is 9.78 Å². The summed E-state index contributed by atoms with van der Waals surface area (Å²) in [6, 6.07) is 17.8. The molecule has 0 aliphatic heterocycles. The average molecular weight is 304 g/mol. The fourth-order valence-corrected chi connectivity index (χ4v) is 2.31. The van der Waals surface area contributed by atoms with Crippen LogP contribution in [0.3, 0.4) is 0 Å². The minimum Gasteiger partial charge on any atom is -0.464 e. The Morgan fingerprint density at radius 1 is 0.913 bits per heavy atom. The third kappa shape index (κ3) is 3.11. The minimum atomic E-state index is -0.495. The molecular weight excluding hydrogens is 288 g/mol. The fourth-order valence-electron chi connectivity index (χ4n) is 2.31. The molecule has 2 aromatic carbocycles. The zero-order valence-electron chi connectivity index (χ0n) is 13.0. The molecule has 0 radical (unpaired) electrons. The van der Waals surface area contributed by atoms with Crippen molar-refractivity contribution in [1.29, 1.82) is 0 Å². The third-order valence-electron chi connectivity index (χ3n) is 3.54. The summed E-state index contributed by atoms with van der Waals surface area (Å²) in [5.41, 5.74) is 4.64. The molecule has 0 unspecified atom stereocenters. The van der Waals surface area contributed by atoms with Crippen molar-refractivity contribution in [3.63, 3.8) is 0 Å². The SMILES string of the molecule is COC(=O)c1cnc(-c2ccc(C)cc2)c(-c2ccccc2)n1. The van der Waals surface area contributed by atoms with Crippen molar-refractivity contribution < 1.29 is 9.53 Å². The van der Waals surface area contributed by atoms with E-state index in [1.807, 2.05) is 61.5 Å². The lowest BCUT2D eigenvalue weighted by Crippen LogP contribution is -2.07. The normalized spacial score (nSPS) is 10.3. The molecule has 4 nitrogen and oxygen atoms in total. The minimum absolute atomic E-state index is 0.196. The maximum Gasteiger partial charge on any atom is 0.358 e. The first-order chi connectivity index (χ1) is 11.2. The van der Waals surface area contributed by atoms with Crippen LogP contribution in [0.15, 0.2) is 60.8 Å². The van der Waals surface area contributed by atoms with Gasteiger partial charge in [0.1, 0.15) is 0 Å². The lowest BCUT2D eigenvalue weighted by molar-refractivity contribution is 0.0593. The first kappa shape index (κ1) is 14.9. The number of nitrogens with zero attached hydrogens (tertiary/aromatic N) is 2. The van der Waals surface area contributed by atoms with Crippen molar-refractivity contribution in [2.45, 2.75) is 6.92 Å². The monoisotopic (exact) mass is 304 g/mol. The number of aryl methyl sites for hydroxylation is 1.